The third-order valence-electron chi connectivity index (χ3n) is 1.58. The molecule has 0 unspecified atom stereocenters. The van der Waals surface area contributed by atoms with E-state index in [2.05, 4.69) is 11.4 Å². The van der Waals surface area contributed by atoms with Gasteiger partial charge < -0.3 is 4.84 Å². The summed E-state index contributed by atoms with van der Waals surface area (Å²) in [6.45, 7) is 3.02. The van der Waals surface area contributed by atoms with Gasteiger partial charge in [-0.05, 0) is 0 Å². The van der Waals surface area contributed by atoms with Crippen molar-refractivity contribution in [2.45, 2.75) is 12.8 Å². The van der Waals surface area contributed by atoms with E-state index in [4.69, 9.17) is 0 Å². The van der Waals surface area contributed by atoms with Gasteiger partial charge in [-0.2, -0.15) is 5.06 Å². The quantitative estimate of drug-likeness (QED) is 0.557. The minimum absolute atomic E-state index is 0.100. The van der Waals surface area contributed by atoms with E-state index in [-0.39, 0.29) is 31.1 Å². The van der Waals surface area contributed by atoms with Gasteiger partial charge in [0.05, 0.1) is 0 Å². The van der Waals surface area contributed by atoms with Gasteiger partial charge in [-0.15, -0.1) is 0 Å². The number of carbonyl (C=O) groups excluding carboxylic acids is 3. The number of ketones is 1. The van der Waals surface area contributed by atoms with Crippen LogP contribution in [0.4, 0.5) is 0 Å². The zero-order valence-corrected chi connectivity index (χ0v) is 6.99. The Labute approximate surface area is 74.9 Å². The molecule has 0 aromatic carbocycles. The first-order valence-electron chi connectivity index (χ1n) is 3.80. The lowest BCUT2D eigenvalue weighted by Crippen LogP contribution is -2.41. The van der Waals surface area contributed by atoms with Gasteiger partial charge in [0.2, 0.25) is 0 Å². The molecule has 70 valence electrons. The molecule has 5 nitrogen and oxygen atoms in total. The molecule has 0 spiro atoms. The van der Waals surface area contributed by atoms with Crippen LogP contribution in [0.5, 0.6) is 0 Å². The molecule has 0 N–H and O–H groups in total. The number of piperidine rings is 1. The molecule has 0 atom stereocenters. The van der Waals surface area contributed by atoms with Crippen LogP contribution in [0.2, 0.25) is 0 Å². The van der Waals surface area contributed by atoms with Crippen molar-refractivity contribution in [3.8, 4) is 0 Å². The Bertz CT molecular complexity index is 271. The van der Waals surface area contributed by atoms with Crippen molar-refractivity contribution in [1.29, 1.82) is 0 Å². The number of hydrogen-bond acceptors (Lipinski definition) is 4. The number of rotatable bonds is 2. The molecule has 0 aliphatic carbocycles. The van der Waals surface area contributed by atoms with Crippen LogP contribution in [-0.4, -0.2) is 29.3 Å². The van der Waals surface area contributed by atoms with Gasteiger partial charge in [0.15, 0.2) is 5.78 Å². The summed E-state index contributed by atoms with van der Waals surface area (Å²) in [5, 5.41) is 0.774. The molecule has 1 aliphatic rings. The maximum Gasteiger partial charge on any atom is 0.355 e. The van der Waals surface area contributed by atoms with Gasteiger partial charge in [-0.3, -0.25) is 9.59 Å². The van der Waals surface area contributed by atoms with Crippen LogP contribution < -0.4 is 0 Å². The first-order valence-corrected chi connectivity index (χ1v) is 3.80. The second-order valence-corrected chi connectivity index (χ2v) is 2.58. The van der Waals surface area contributed by atoms with Crippen molar-refractivity contribution in [2.75, 3.05) is 6.54 Å². The van der Waals surface area contributed by atoms with Crippen molar-refractivity contribution in [1.82, 2.24) is 5.06 Å². The zero-order chi connectivity index (χ0) is 9.84. The Morgan fingerprint density at radius 2 is 2.15 bits per heavy atom. The molecule has 5 heteroatoms. The second kappa shape index (κ2) is 3.84. The predicted octanol–water partition coefficient (Wildman–Crippen LogP) is -0.178. The summed E-state index contributed by atoms with van der Waals surface area (Å²) < 4.78 is 0. The van der Waals surface area contributed by atoms with E-state index in [1.54, 1.807) is 0 Å². The average molecular weight is 183 g/mol. The van der Waals surface area contributed by atoms with Gasteiger partial charge in [0.1, 0.15) is 6.54 Å². The van der Waals surface area contributed by atoms with Gasteiger partial charge >= 0.3 is 5.97 Å². The lowest BCUT2D eigenvalue weighted by molar-refractivity contribution is -0.197. The van der Waals surface area contributed by atoms with Crippen LogP contribution >= 0.6 is 0 Å². The molecule has 0 saturated carbocycles. The lowest BCUT2D eigenvalue weighted by atomic mass is 10.1. The number of amides is 1. The summed E-state index contributed by atoms with van der Waals surface area (Å²) in [5.74, 6) is -1.20. The zero-order valence-electron chi connectivity index (χ0n) is 6.99. The normalized spacial score (nSPS) is 17.1. The first-order chi connectivity index (χ1) is 6.13. The molecule has 1 saturated heterocycles. The standard InChI is InChI=1S/C8H9NO4/c1-2-8(12)13-9-5-6(10)3-4-7(9)11/h2H,1,3-5H2. The highest BCUT2D eigenvalue weighted by Crippen LogP contribution is 2.08. The molecule has 1 rings (SSSR count). The Balaban J connectivity index is 2.56. The van der Waals surface area contributed by atoms with Crippen molar-refractivity contribution in [3.05, 3.63) is 12.7 Å². The van der Waals surface area contributed by atoms with Crippen molar-refractivity contribution < 1.29 is 19.2 Å². The number of carbonyl (C=O) groups is 3. The van der Waals surface area contributed by atoms with E-state index >= 15 is 0 Å². The second-order valence-electron chi connectivity index (χ2n) is 2.58. The fraction of sp³-hybridized carbons (Fsp3) is 0.375. The SMILES string of the molecule is C=CC(=O)ON1CC(=O)CCC1=O. The minimum Gasteiger partial charge on any atom is -0.333 e. The minimum atomic E-state index is -0.733. The highest BCUT2D eigenvalue weighted by atomic mass is 16.7. The lowest BCUT2D eigenvalue weighted by Gasteiger charge is -2.23. The molecular formula is C8H9NO4. The maximum absolute atomic E-state index is 11.1. The van der Waals surface area contributed by atoms with Gasteiger partial charge in [0, 0.05) is 18.9 Å². The molecule has 1 aliphatic heterocycles. The smallest absolute Gasteiger partial charge is 0.333 e. The molecule has 1 heterocycles. The van der Waals surface area contributed by atoms with Gasteiger partial charge in [0.25, 0.3) is 5.91 Å². The third kappa shape index (κ3) is 2.40. The van der Waals surface area contributed by atoms with Crippen LogP contribution in [0.15, 0.2) is 12.7 Å². The molecule has 1 fully saturated rings. The highest BCUT2D eigenvalue weighted by Gasteiger charge is 2.26. The van der Waals surface area contributed by atoms with Crippen molar-refractivity contribution in [2.24, 2.45) is 0 Å². The van der Waals surface area contributed by atoms with E-state index in [1.165, 1.54) is 0 Å². The number of Topliss-reactive ketones (excluding diaryl/α,β-unsaturated/α-hetero) is 1. The fourth-order valence-corrected chi connectivity index (χ4v) is 0.928. The molecule has 0 radical (unpaired) electrons. The fourth-order valence-electron chi connectivity index (χ4n) is 0.928. The summed E-state index contributed by atoms with van der Waals surface area (Å²) in [6, 6.07) is 0. The summed E-state index contributed by atoms with van der Waals surface area (Å²) in [5.41, 5.74) is 0. The molecular weight excluding hydrogens is 174 g/mol. The number of hydrogen-bond donors (Lipinski definition) is 0. The first kappa shape index (κ1) is 9.44. The topological polar surface area (TPSA) is 63.7 Å². The monoisotopic (exact) mass is 183 g/mol. The average Bonchev–Trinajstić information content (AvgIpc) is 2.11. The van der Waals surface area contributed by atoms with Crippen LogP contribution in [0.3, 0.4) is 0 Å². The van der Waals surface area contributed by atoms with Crippen LogP contribution in [-0.2, 0) is 19.2 Å². The van der Waals surface area contributed by atoms with E-state index in [1.807, 2.05) is 0 Å². The number of nitrogens with zero attached hydrogens (tertiary/aromatic N) is 1. The summed E-state index contributed by atoms with van der Waals surface area (Å²) in [6.07, 6.45) is 1.26. The van der Waals surface area contributed by atoms with Crippen molar-refractivity contribution >= 4 is 17.7 Å². The molecule has 0 aromatic heterocycles. The summed E-state index contributed by atoms with van der Waals surface area (Å²) in [4.78, 5) is 37.1. The Morgan fingerprint density at radius 1 is 1.46 bits per heavy atom. The Morgan fingerprint density at radius 3 is 2.77 bits per heavy atom. The van der Waals surface area contributed by atoms with Gasteiger partial charge in [-0.1, -0.05) is 6.58 Å². The largest absolute Gasteiger partial charge is 0.355 e. The predicted molar refractivity (Wildman–Crippen MR) is 42.2 cm³/mol. The molecule has 0 aromatic rings. The number of hydroxylamine groups is 2. The summed E-state index contributed by atoms with van der Waals surface area (Å²) in [7, 11) is 0. The molecule has 0 bridgehead atoms. The third-order valence-corrected chi connectivity index (χ3v) is 1.58. The molecule has 13 heavy (non-hydrogen) atoms. The van der Waals surface area contributed by atoms with Crippen molar-refractivity contribution in [3.63, 3.8) is 0 Å². The Hall–Kier alpha value is -1.65. The van der Waals surface area contributed by atoms with Gasteiger partial charge in [-0.25, -0.2) is 4.79 Å². The maximum atomic E-state index is 11.1. The van der Waals surface area contributed by atoms with Crippen LogP contribution in [0, 0.1) is 0 Å². The Kier molecular flexibility index (Phi) is 2.79. The summed E-state index contributed by atoms with van der Waals surface area (Å²) >= 11 is 0. The van der Waals surface area contributed by atoms with E-state index in [9.17, 15) is 14.4 Å². The van der Waals surface area contributed by atoms with E-state index in [0.717, 1.165) is 11.1 Å². The van der Waals surface area contributed by atoms with E-state index in [0.29, 0.717) is 0 Å². The van der Waals surface area contributed by atoms with Crippen LogP contribution in [0.25, 0.3) is 0 Å². The molecule has 1 amide bonds. The van der Waals surface area contributed by atoms with E-state index < -0.39 is 5.97 Å². The highest BCUT2D eigenvalue weighted by molar-refractivity contribution is 5.93. The van der Waals surface area contributed by atoms with Crippen LogP contribution in [0.1, 0.15) is 12.8 Å².